The first-order valence-electron chi connectivity index (χ1n) is 6.73. The molecule has 0 saturated heterocycles. The van der Waals surface area contributed by atoms with Crippen molar-refractivity contribution < 1.29 is 14.7 Å². The van der Waals surface area contributed by atoms with Gasteiger partial charge in [-0.25, -0.2) is 0 Å². The Hall–Kier alpha value is -2.08. The van der Waals surface area contributed by atoms with E-state index in [2.05, 4.69) is 10.1 Å². The summed E-state index contributed by atoms with van der Waals surface area (Å²) in [5, 5.41) is 22.7. The lowest BCUT2D eigenvalue weighted by molar-refractivity contribution is 0.334. The quantitative estimate of drug-likeness (QED) is 0.737. The molecule has 106 valence electrons. The fourth-order valence-corrected chi connectivity index (χ4v) is 2.27. The molecular formula is C14H17N3O3. The van der Waals surface area contributed by atoms with Crippen LogP contribution in [0.25, 0.3) is 0 Å². The molecule has 1 aliphatic carbocycles. The standard InChI is InChI=1S/C14H17N3O3/c15-10(6-8-4-5-11(18)12(19)7-8)14-16-13(17-20-14)9-2-1-3-9/h4-5,7,9-10,18-19H,1-3,6,15H2. The third-order valence-corrected chi connectivity index (χ3v) is 3.74. The molecule has 0 spiro atoms. The van der Waals surface area contributed by atoms with Crippen molar-refractivity contribution in [2.45, 2.75) is 37.6 Å². The summed E-state index contributed by atoms with van der Waals surface area (Å²) in [5.41, 5.74) is 6.85. The number of phenols is 2. The summed E-state index contributed by atoms with van der Waals surface area (Å²) in [7, 11) is 0. The fourth-order valence-electron chi connectivity index (χ4n) is 2.27. The zero-order chi connectivity index (χ0) is 14.1. The third-order valence-electron chi connectivity index (χ3n) is 3.74. The molecule has 1 fully saturated rings. The van der Waals surface area contributed by atoms with Crippen LogP contribution in [0, 0.1) is 0 Å². The van der Waals surface area contributed by atoms with Gasteiger partial charge < -0.3 is 20.5 Å². The lowest BCUT2D eigenvalue weighted by Gasteiger charge is -2.21. The first-order valence-corrected chi connectivity index (χ1v) is 6.73. The molecule has 1 aromatic heterocycles. The van der Waals surface area contributed by atoms with Crippen LogP contribution in [0.2, 0.25) is 0 Å². The highest BCUT2D eigenvalue weighted by Gasteiger charge is 2.26. The van der Waals surface area contributed by atoms with Crippen molar-refractivity contribution >= 4 is 0 Å². The van der Waals surface area contributed by atoms with Gasteiger partial charge in [-0.05, 0) is 37.0 Å². The van der Waals surface area contributed by atoms with Gasteiger partial charge in [-0.15, -0.1) is 0 Å². The van der Waals surface area contributed by atoms with Crippen LogP contribution in [0.5, 0.6) is 11.5 Å². The highest BCUT2D eigenvalue weighted by Crippen LogP contribution is 2.35. The SMILES string of the molecule is NC(Cc1ccc(O)c(O)c1)c1nc(C2CCC2)no1. The summed E-state index contributed by atoms with van der Waals surface area (Å²) in [6, 6.07) is 4.21. The Morgan fingerprint density at radius 3 is 2.75 bits per heavy atom. The number of hydrogen-bond acceptors (Lipinski definition) is 6. The monoisotopic (exact) mass is 275 g/mol. The van der Waals surface area contributed by atoms with E-state index >= 15 is 0 Å². The predicted octanol–water partition coefficient (Wildman–Crippen LogP) is 1.99. The van der Waals surface area contributed by atoms with Crippen LogP contribution < -0.4 is 5.73 Å². The van der Waals surface area contributed by atoms with Gasteiger partial charge in [0.25, 0.3) is 0 Å². The summed E-state index contributed by atoms with van der Waals surface area (Å²) in [6.45, 7) is 0. The van der Waals surface area contributed by atoms with E-state index in [-0.39, 0.29) is 11.5 Å². The molecule has 1 atom stereocenters. The minimum absolute atomic E-state index is 0.146. The number of nitrogens with two attached hydrogens (primary N) is 1. The molecule has 0 bridgehead atoms. The molecule has 4 N–H and O–H groups in total. The van der Waals surface area contributed by atoms with Gasteiger partial charge in [0.15, 0.2) is 17.3 Å². The van der Waals surface area contributed by atoms with Crippen molar-refractivity contribution in [1.82, 2.24) is 10.1 Å². The molecule has 2 aromatic rings. The summed E-state index contributed by atoms with van der Waals surface area (Å²) >= 11 is 0. The zero-order valence-electron chi connectivity index (χ0n) is 11.0. The van der Waals surface area contributed by atoms with Crippen LogP contribution in [0.3, 0.4) is 0 Å². The second-order valence-corrected chi connectivity index (χ2v) is 5.25. The molecule has 0 amide bonds. The van der Waals surface area contributed by atoms with Crippen LogP contribution in [0.15, 0.2) is 22.7 Å². The number of aromatic nitrogens is 2. The van der Waals surface area contributed by atoms with E-state index in [1.54, 1.807) is 6.07 Å². The summed E-state index contributed by atoms with van der Waals surface area (Å²) < 4.78 is 5.21. The van der Waals surface area contributed by atoms with Gasteiger partial charge in [0.2, 0.25) is 5.89 Å². The summed E-state index contributed by atoms with van der Waals surface area (Å²) in [5.74, 6) is 1.27. The molecule has 1 saturated carbocycles. The topological polar surface area (TPSA) is 105 Å². The molecule has 1 heterocycles. The molecule has 20 heavy (non-hydrogen) atoms. The molecule has 1 aromatic carbocycles. The molecule has 0 aliphatic heterocycles. The van der Waals surface area contributed by atoms with Crippen LogP contribution >= 0.6 is 0 Å². The van der Waals surface area contributed by atoms with Gasteiger partial charge in [0, 0.05) is 5.92 Å². The van der Waals surface area contributed by atoms with Crippen molar-refractivity contribution in [3.05, 3.63) is 35.5 Å². The summed E-state index contributed by atoms with van der Waals surface area (Å²) in [4.78, 5) is 4.35. The number of aromatic hydroxyl groups is 2. The maximum Gasteiger partial charge on any atom is 0.243 e. The number of hydrogen-bond donors (Lipinski definition) is 3. The lowest BCUT2D eigenvalue weighted by Crippen LogP contribution is -2.15. The summed E-state index contributed by atoms with van der Waals surface area (Å²) in [6.07, 6.45) is 3.90. The lowest BCUT2D eigenvalue weighted by atomic mass is 9.85. The normalized spacial score (nSPS) is 16.9. The smallest absolute Gasteiger partial charge is 0.243 e. The second kappa shape index (κ2) is 5.13. The van der Waals surface area contributed by atoms with E-state index in [0.717, 1.165) is 24.2 Å². The van der Waals surface area contributed by atoms with Crippen molar-refractivity contribution in [2.75, 3.05) is 0 Å². The van der Waals surface area contributed by atoms with E-state index in [1.807, 2.05) is 0 Å². The van der Waals surface area contributed by atoms with Crippen LogP contribution in [0.4, 0.5) is 0 Å². The van der Waals surface area contributed by atoms with Crippen molar-refractivity contribution in [2.24, 2.45) is 5.73 Å². The van der Waals surface area contributed by atoms with Gasteiger partial charge in [0.05, 0.1) is 6.04 Å². The van der Waals surface area contributed by atoms with Crippen molar-refractivity contribution in [3.8, 4) is 11.5 Å². The second-order valence-electron chi connectivity index (χ2n) is 5.25. The first-order chi connectivity index (χ1) is 9.63. The van der Waals surface area contributed by atoms with Gasteiger partial charge in [-0.3, -0.25) is 0 Å². The number of rotatable bonds is 4. The molecule has 3 rings (SSSR count). The molecule has 6 heteroatoms. The first kappa shape index (κ1) is 12.9. The Balaban J connectivity index is 1.70. The Labute approximate surface area is 116 Å². The minimum Gasteiger partial charge on any atom is -0.504 e. The zero-order valence-corrected chi connectivity index (χ0v) is 11.0. The Morgan fingerprint density at radius 2 is 2.10 bits per heavy atom. The van der Waals surface area contributed by atoms with Gasteiger partial charge in [-0.2, -0.15) is 4.98 Å². The average Bonchev–Trinajstić information content (AvgIpc) is 2.81. The van der Waals surface area contributed by atoms with E-state index in [1.165, 1.54) is 18.6 Å². The maximum atomic E-state index is 9.46. The van der Waals surface area contributed by atoms with Gasteiger partial charge in [-0.1, -0.05) is 17.6 Å². The molecule has 6 nitrogen and oxygen atoms in total. The van der Waals surface area contributed by atoms with Crippen molar-refractivity contribution in [1.29, 1.82) is 0 Å². The fraction of sp³-hybridized carbons (Fsp3) is 0.429. The Kier molecular flexibility index (Phi) is 3.31. The molecule has 0 radical (unpaired) electrons. The van der Waals surface area contributed by atoms with Gasteiger partial charge in [0.1, 0.15) is 0 Å². The van der Waals surface area contributed by atoms with E-state index < -0.39 is 6.04 Å². The van der Waals surface area contributed by atoms with E-state index in [4.69, 9.17) is 10.3 Å². The van der Waals surface area contributed by atoms with E-state index in [9.17, 15) is 10.2 Å². The number of nitrogens with zero attached hydrogens (tertiary/aromatic N) is 2. The van der Waals surface area contributed by atoms with Crippen LogP contribution in [-0.2, 0) is 6.42 Å². The highest BCUT2D eigenvalue weighted by molar-refractivity contribution is 5.40. The van der Waals surface area contributed by atoms with Crippen LogP contribution in [-0.4, -0.2) is 20.4 Å². The molecule has 1 aliphatic rings. The number of phenolic OH excluding ortho intramolecular Hbond substituents is 2. The minimum atomic E-state index is -0.416. The van der Waals surface area contributed by atoms with Crippen molar-refractivity contribution in [3.63, 3.8) is 0 Å². The van der Waals surface area contributed by atoms with Gasteiger partial charge >= 0.3 is 0 Å². The average molecular weight is 275 g/mol. The molecular weight excluding hydrogens is 258 g/mol. The Bertz CT molecular complexity index is 607. The predicted molar refractivity (Wildman–Crippen MR) is 71.3 cm³/mol. The van der Waals surface area contributed by atoms with E-state index in [0.29, 0.717) is 18.2 Å². The molecule has 1 unspecified atom stereocenters. The Morgan fingerprint density at radius 1 is 1.30 bits per heavy atom. The highest BCUT2D eigenvalue weighted by atomic mass is 16.5. The third kappa shape index (κ3) is 2.46. The maximum absolute atomic E-state index is 9.46. The largest absolute Gasteiger partial charge is 0.504 e. The van der Waals surface area contributed by atoms with Crippen LogP contribution in [0.1, 0.15) is 48.5 Å². The number of benzene rings is 1.